The highest BCUT2D eigenvalue weighted by Crippen LogP contribution is 2.16. The molecule has 0 spiro atoms. The van der Waals surface area contributed by atoms with E-state index in [0.29, 0.717) is 12.0 Å². The molecular weight excluding hydrogens is 501 g/mol. The quantitative estimate of drug-likeness (QED) is 0.320. The van der Waals surface area contributed by atoms with Crippen LogP contribution in [0.3, 0.4) is 0 Å². The number of aliphatic imine (C=N–C) groups is 1. The lowest BCUT2D eigenvalue weighted by atomic mass is 10.0. The Balaban J connectivity index is 0.00000420. The average Bonchev–Trinajstić information content (AvgIpc) is 2.66. The van der Waals surface area contributed by atoms with Crippen molar-refractivity contribution in [3.05, 3.63) is 34.9 Å². The van der Waals surface area contributed by atoms with E-state index in [1.807, 2.05) is 12.1 Å². The van der Waals surface area contributed by atoms with Crippen LogP contribution in [0, 0.1) is 5.92 Å². The minimum absolute atomic E-state index is 0. The van der Waals surface area contributed by atoms with Crippen molar-refractivity contribution in [3.63, 3.8) is 0 Å². The topological polar surface area (TPSA) is 60.0 Å². The van der Waals surface area contributed by atoms with Gasteiger partial charge in [0.1, 0.15) is 6.54 Å². The van der Waals surface area contributed by atoms with Crippen LogP contribution in [0.15, 0.2) is 29.3 Å². The first-order valence-corrected chi connectivity index (χ1v) is 10.4. The second-order valence-corrected chi connectivity index (χ2v) is 8.49. The number of carbonyl (C=O) groups excluding carboxylic acids is 1. The number of nitrogens with one attached hydrogen (secondary N) is 2. The van der Waals surface area contributed by atoms with Crippen molar-refractivity contribution in [2.45, 2.75) is 39.3 Å². The van der Waals surface area contributed by atoms with E-state index in [4.69, 9.17) is 11.6 Å². The lowest BCUT2D eigenvalue weighted by molar-refractivity contribution is -0.127. The Hall–Kier alpha value is -1.06. The largest absolute Gasteiger partial charge is 0.356 e. The number of hydrogen-bond donors (Lipinski definition) is 2. The molecule has 0 bridgehead atoms. The van der Waals surface area contributed by atoms with Gasteiger partial charge in [-0.25, -0.2) is 4.99 Å². The van der Waals surface area contributed by atoms with E-state index in [9.17, 15) is 4.79 Å². The van der Waals surface area contributed by atoms with Crippen molar-refractivity contribution in [2.75, 3.05) is 40.3 Å². The Labute approximate surface area is 197 Å². The lowest BCUT2D eigenvalue weighted by Crippen LogP contribution is -2.49. The number of hydrogen-bond acceptors (Lipinski definition) is 3. The molecule has 1 saturated heterocycles. The van der Waals surface area contributed by atoms with Crippen molar-refractivity contribution in [1.29, 1.82) is 0 Å². The van der Waals surface area contributed by atoms with Crippen molar-refractivity contribution < 1.29 is 4.79 Å². The highest BCUT2D eigenvalue weighted by Gasteiger charge is 2.20. The van der Waals surface area contributed by atoms with Crippen LogP contribution < -0.4 is 10.6 Å². The van der Waals surface area contributed by atoms with Crippen molar-refractivity contribution in [2.24, 2.45) is 10.9 Å². The Morgan fingerprint density at radius 1 is 1.24 bits per heavy atom. The van der Waals surface area contributed by atoms with Crippen molar-refractivity contribution >= 4 is 47.4 Å². The fraction of sp³-hybridized carbons (Fsp3) is 0.619. The fourth-order valence-corrected chi connectivity index (χ4v) is 3.14. The highest BCUT2D eigenvalue weighted by atomic mass is 127. The third kappa shape index (κ3) is 10.00. The molecule has 1 aromatic carbocycles. The zero-order valence-corrected chi connectivity index (χ0v) is 21.0. The second-order valence-electron chi connectivity index (χ2n) is 8.05. The van der Waals surface area contributed by atoms with Gasteiger partial charge in [0.05, 0.1) is 0 Å². The molecule has 8 heteroatoms. The molecule has 164 valence electrons. The summed E-state index contributed by atoms with van der Waals surface area (Å²) in [5.74, 6) is 1.25. The van der Waals surface area contributed by atoms with E-state index in [0.717, 1.165) is 50.0 Å². The molecule has 1 aliphatic rings. The molecule has 0 radical (unpaired) electrons. The molecule has 2 N–H and O–H groups in total. The maximum Gasteiger partial charge on any atom is 0.243 e. The smallest absolute Gasteiger partial charge is 0.243 e. The number of likely N-dealkylation sites (N-methyl/N-ethyl adjacent to an activating group) is 1. The molecule has 0 aliphatic carbocycles. The molecule has 1 heterocycles. The maximum absolute atomic E-state index is 11.9. The SMILES string of the molecule is CC(C)CNC(=NCC(=O)N(C)C)NC1CCN(Cc2ccc(Cl)cc2)CC1.I. The van der Waals surface area contributed by atoms with Crippen LogP contribution in [0.25, 0.3) is 0 Å². The number of likely N-dealkylation sites (tertiary alicyclic amines) is 1. The monoisotopic (exact) mass is 535 g/mol. The number of carbonyl (C=O) groups is 1. The lowest BCUT2D eigenvalue weighted by Gasteiger charge is -2.33. The number of piperidine rings is 1. The van der Waals surface area contributed by atoms with Gasteiger partial charge in [0.15, 0.2) is 5.96 Å². The summed E-state index contributed by atoms with van der Waals surface area (Å²) in [5, 5.41) is 7.66. The van der Waals surface area contributed by atoms with Gasteiger partial charge in [-0.2, -0.15) is 0 Å². The number of amides is 1. The molecule has 29 heavy (non-hydrogen) atoms. The molecule has 0 atom stereocenters. The molecule has 2 rings (SSSR count). The molecule has 6 nitrogen and oxygen atoms in total. The third-order valence-corrected chi connectivity index (χ3v) is 5.05. The van der Waals surface area contributed by atoms with E-state index < -0.39 is 0 Å². The van der Waals surface area contributed by atoms with Gasteiger partial charge < -0.3 is 15.5 Å². The minimum Gasteiger partial charge on any atom is -0.356 e. The Morgan fingerprint density at radius 2 is 1.86 bits per heavy atom. The summed E-state index contributed by atoms with van der Waals surface area (Å²) in [6.45, 7) is 8.33. The summed E-state index contributed by atoms with van der Waals surface area (Å²) in [5.41, 5.74) is 1.29. The van der Waals surface area contributed by atoms with Crippen LogP contribution in [0.4, 0.5) is 0 Å². The molecular formula is C21H35ClIN5O. The Bertz CT molecular complexity index is 643. The summed E-state index contributed by atoms with van der Waals surface area (Å²) in [7, 11) is 3.51. The summed E-state index contributed by atoms with van der Waals surface area (Å²) in [4.78, 5) is 20.4. The van der Waals surface area contributed by atoms with Gasteiger partial charge in [-0.3, -0.25) is 9.69 Å². The summed E-state index contributed by atoms with van der Waals surface area (Å²) in [6, 6.07) is 8.45. The normalized spacial score (nSPS) is 15.7. The van der Waals surface area contributed by atoms with Gasteiger partial charge in [0.2, 0.25) is 5.91 Å². The van der Waals surface area contributed by atoms with E-state index in [1.165, 1.54) is 5.56 Å². The number of halogens is 2. The third-order valence-electron chi connectivity index (χ3n) is 4.80. The number of rotatable bonds is 7. The zero-order chi connectivity index (χ0) is 20.5. The van der Waals surface area contributed by atoms with Gasteiger partial charge in [-0.05, 0) is 36.5 Å². The Kier molecular flexibility index (Phi) is 11.9. The standard InChI is InChI=1S/C21H34ClN5O.HI/c1-16(2)13-23-21(24-14-20(28)26(3)4)25-19-9-11-27(12-10-19)15-17-5-7-18(22)8-6-17;/h5-8,16,19H,9-15H2,1-4H3,(H2,23,24,25);1H. The van der Waals surface area contributed by atoms with Crippen LogP contribution in [-0.4, -0.2) is 68.0 Å². The summed E-state index contributed by atoms with van der Waals surface area (Å²) < 4.78 is 0. The first kappa shape index (κ1) is 26.0. The molecule has 0 unspecified atom stereocenters. The van der Waals surface area contributed by atoms with Gasteiger partial charge in [-0.1, -0.05) is 37.6 Å². The van der Waals surface area contributed by atoms with E-state index >= 15 is 0 Å². The maximum atomic E-state index is 11.9. The van der Waals surface area contributed by atoms with Crippen LogP contribution in [0.2, 0.25) is 5.02 Å². The predicted octanol–water partition coefficient (Wildman–Crippen LogP) is 3.20. The van der Waals surface area contributed by atoms with Crippen LogP contribution in [0.1, 0.15) is 32.3 Å². The average molecular weight is 536 g/mol. The highest BCUT2D eigenvalue weighted by molar-refractivity contribution is 14.0. The first-order chi connectivity index (χ1) is 13.3. The minimum atomic E-state index is 0. The first-order valence-electron chi connectivity index (χ1n) is 10.0. The van der Waals surface area contributed by atoms with Crippen molar-refractivity contribution in [1.82, 2.24) is 20.4 Å². The number of guanidine groups is 1. The zero-order valence-electron chi connectivity index (χ0n) is 17.9. The number of benzene rings is 1. The van der Waals surface area contributed by atoms with Gasteiger partial charge >= 0.3 is 0 Å². The Morgan fingerprint density at radius 3 is 2.41 bits per heavy atom. The van der Waals surface area contributed by atoms with Gasteiger partial charge in [0.25, 0.3) is 0 Å². The molecule has 1 aliphatic heterocycles. The van der Waals surface area contributed by atoms with E-state index in [-0.39, 0.29) is 36.4 Å². The molecule has 1 fully saturated rings. The van der Waals surface area contributed by atoms with E-state index in [2.05, 4.69) is 46.5 Å². The van der Waals surface area contributed by atoms with Gasteiger partial charge in [0, 0.05) is 51.3 Å². The predicted molar refractivity (Wildman–Crippen MR) is 132 cm³/mol. The van der Waals surface area contributed by atoms with Crippen molar-refractivity contribution in [3.8, 4) is 0 Å². The second kappa shape index (κ2) is 13.3. The van der Waals surface area contributed by atoms with Crippen LogP contribution >= 0.6 is 35.6 Å². The molecule has 1 aromatic rings. The fourth-order valence-electron chi connectivity index (χ4n) is 3.02. The summed E-state index contributed by atoms with van der Waals surface area (Å²) in [6.07, 6.45) is 2.11. The van der Waals surface area contributed by atoms with Gasteiger partial charge in [-0.15, -0.1) is 24.0 Å². The van der Waals surface area contributed by atoms with Crippen LogP contribution in [0.5, 0.6) is 0 Å². The van der Waals surface area contributed by atoms with Crippen LogP contribution in [-0.2, 0) is 11.3 Å². The van der Waals surface area contributed by atoms with E-state index in [1.54, 1.807) is 19.0 Å². The molecule has 0 aromatic heterocycles. The number of nitrogens with zero attached hydrogens (tertiary/aromatic N) is 3. The summed E-state index contributed by atoms with van der Waals surface area (Å²) >= 11 is 5.97. The molecule has 1 amide bonds. The molecule has 0 saturated carbocycles.